The van der Waals surface area contributed by atoms with Crippen molar-refractivity contribution in [1.29, 1.82) is 0 Å². The summed E-state index contributed by atoms with van der Waals surface area (Å²) in [6.45, 7) is 1.73. The van der Waals surface area contributed by atoms with Gasteiger partial charge in [-0.1, -0.05) is 18.2 Å². The van der Waals surface area contributed by atoms with Gasteiger partial charge in [0.05, 0.1) is 0 Å². The quantitative estimate of drug-likeness (QED) is 0.816. The van der Waals surface area contributed by atoms with Crippen molar-refractivity contribution in [1.82, 2.24) is 19.1 Å². The van der Waals surface area contributed by atoms with E-state index >= 15 is 0 Å². The van der Waals surface area contributed by atoms with Crippen LogP contribution in [0.25, 0.3) is 6.08 Å². The summed E-state index contributed by atoms with van der Waals surface area (Å²) in [7, 11) is -2.69. The Kier molecular flexibility index (Phi) is 5.30. The van der Waals surface area contributed by atoms with E-state index in [-0.39, 0.29) is 10.7 Å². The first kappa shape index (κ1) is 18.0. The Balaban J connectivity index is 2.39. The van der Waals surface area contributed by atoms with Crippen molar-refractivity contribution in [3.05, 3.63) is 46.7 Å². The van der Waals surface area contributed by atoms with E-state index in [1.54, 1.807) is 37.5 Å². The van der Waals surface area contributed by atoms with Gasteiger partial charge in [-0.3, -0.25) is 4.57 Å². The summed E-state index contributed by atoms with van der Waals surface area (Å²) in [6, 6.07) is 5.12. The highest BCUT2D eigenvalue weighted by Gasteiger charge is 2.24. The third kappa shape index (κ3) is 3.44. The molecule has 0 aliphatic carbocycles. The van der Waals surface area contributed by atoms with Crippen LogP contribution in [0.1, 0.15) is 12.7 Å². The molecule has 0 saturated carbocycles. The summed E-state index contributed by atoms with van der Waals surface area (Å²) in [5, 5.41) is 3.82. The lowest BCUT2D eigenvalue weighted by Crippen LogP contribution is -2.40. The van der Waals surface area contributed by atoms with Gasteiger partial charge in [0.1, 0.15) is 4.90 Å². The third-order valence-corrected chi connectivity index (χ3v) is 5.41. The van der Waals surface area contributed by atoms with Crippen molar-refractivity contribution in [2.75, 3.05) is 6.26 Å². The van der Waals surface area contributed by atoms with Gasteiger partial charge in [-0.25, -0.2) is 22.7 Å². The molecule has 0 unspecified atom stereocenters. The number of hydrogen-bond acceptors (Lipinski definition) is 6. The molecule has 128 valence electrons. The smallest absolute Gasteiger partial charge is 0.278 e. The number of aromatic nitrogens is 3. The van der Waals surface area contributed by atoms with Gasteiger partial charge in [-0.05, 0) is 31.4 Å². The first-order chi connectivity index (χ1) is 11.3. The zero-order valence-corrected chi connectivity index (χ0v) is 14.9. The first-order valence-electron chi connectivity index (χ1n) is 6.80. The highest BCUT2D eigenvalue weighted by molar-refractivity contribution is 7.99. The average Bonchev–Trinajstić information content (AvgIpc) is 2.83. The fourth-order valence-electron chi connectivity index (χ4n) is 1.93. The van der Waals surface area contributed by atoms with Crippen molar-refractivity contribution >= 4 is 33.9 Å². The van der Waals surface area contributed by atoms with E-state index in [0.29, 0.717) is 9.58 Å². The van der Waals surface area contributed by atoms with Crippen LogP contribution in [-0.4, -0.2) is 35.1 Å². The zero-order valence-electron chi connectivity index (χ0n) is 13.3. The summed E-state index contributed by atoms with van der Waals surface area (Å²) in [5.41, 5.74) is -0.742. The summed E-state index contributed by atoms with van der Waals surface area (Å²) < 4.78 is 28.3. The fourth-order valence-corrected chi connectivity index (χ4v) is 4.01. The van der Waals surface area contributed by atoms with E-state index < -0.39 is 21.7 Å². The molecule has 0 spiro atoms. The summed E-state index contributed by atoms with van der Waals surface area (Å²) in [5.74, 6) is 0.236. The Hall–Kier alpha value is -2.33. The molecule has 0 aliphatic heterocycles. The van der Waals surface area contributed by atoms with E-state index in [1.165, 1.54) is 31.0 Å². The van der Waals surface area contributed by atoms with E-state index in [9.17, 15) is 18.0 Å². The molecule has 2 aromatic rings. The average molecular weight is 368 g/mol. The predicted octanol–water partition coefficient (Wildman–Crippen LogP) is 1.28. The number of benzene rings is 1. The number of allylic oxidation sites excluding steroid dienone is 1. The van der Waals surface area contributed by atoms with Gasteiger partial charge in [0, 0.05) is 11.9 Å². The maximum Gasteiger partial charge on any atom is 0.360 e. The number of carbonyl (C=O) groups excluding carboxylic acids is 1. The molecule has 1 aromatic heterocycles. The highest BCUT2D eigenvalue weighted by atomic mass is 32.2. The summed E-state index contributed by atoms with van der Waals surface area (Å²) in [4.78, 5) is 24.7. The zero-order chi connectivity index (χ0) is 17.9. The Labute approximate surface area is 143 Å². The second-order valence-corrected chi connectivity index (χ2v) is 7.17. The third-order valence-electron chi connectivity index (χ3n) is 3.10. The Bertz CT molecular complexity index is 957. The Morgan fingerprint density at radius 2 is 2.00 bits per heavy atom. The Morgan fingerprint density at radius 3 is 2.62 bits per heavy atom. The lowest BCUT2D eigenvalue weighted by Gasteiger charge is -2.09. The monoisotopic (exact) mass is 368 g/mol. The van der Waals surface area contributed by atoms with Crippen LogP contribution in [0.4, 0.5) is 4.79 Å². The highest BCUT2D eigenvalue weighted by Crippen LogP contribution is 2.23. The number of amides is 1. The van der Waals surface area contributed by atoms with Crippen molar-refractivity contribution < 1.29 is 13.2 Å². The molecule has 1 aromatic carbocycles. The van der Waals surface area contributed by atoms with Crippen molar-refractivity contribution in [3.8, 4) is 0 Å². The molecule has 0 aliphatic rings. The topological polar surface area (TPSA) is 103 Å². The largest absolute Gasteiger partial charge is 0.360 e. The fraction of sp³-hybridized carbons (Fsp3) is 0.214. The molecule has 10 heteroatoms. The number of sulfonamides is 1. The van der Waals surface area contributed by atoms with Crippen molar-refractivity contribution in [2.45, 2.75) is 16.7 Å². The maximum absolute atomic E-state index is 12.4. The molecular weight excluding hydrogens is 352 g/mol. The molecule has 8 nitrogen and oxygen atoms in total. The standard InChI is InChI=1S/C14H16N4O4S2/c1-4-7-12-15-18(14(20)17(12)2)13(19)16-24(21,22)11-9-6-5-8-10(11)23-3/h4-9H,1-3H3,(H,16,19)/b7-4-. The molecule has 0 fully saturated rings. The van der Waals surface area contributed by atoms with Crippen LogP contribution in [-0.2, 0) is 17.1 Å². The minimum absolute atomic E-state index is 0.0384. The number of rotatable bonds is 4. The lowest BCUT2D eigenvalue weighted by atomic mass is 10.4. The van der Waals surface area contributed by atoms with Gasteiger partial charge in [0.2, 0.25) is 0 Å². The van der Waals surface area contributed by atoms with E-state index in [4.69, 9.17) is 0 Å². The lowest BCUT2D eigenvalue weighted by molar-refractivity contribution is 0.243. The van der Waals surface area contributed by atoms with Gasteiger partial charge in [0.25, 0.3) is 10.0 Å². The van der Waals surface area contributed by atoms with E-state index in [1.807, 2.05) is 4.72 Å². The van der Waals surface area contributed by atoms with Crippen molar-refractivity contribution in [2.24, 2.45) is 7.05 Å². The number of nitrogens with zero attached hydrogens (tertiary/aromatic N) is 3. The molecule has 0 atom stereocenters. The molecule has 1 heterocycles. The summed E-state index contributed by atoms with van der Waals surface area (Å²) >= 11 is 1.23. The first-order valence-corrected chi connectivity index (χ1v) is 9.51. The Morgan fingerprint density at radius 1 is 1.33 bits per heavy atom. The van der Waals surface area contributed by atoms with Gasteiger partial charge in [0.15, 0.2) is 5.82 Å². The van der Waals surface area contributed by atoms with Crippen LogP contribution in [0.3, 0.4) is 0 Å². The van der Waals surface area contributed by atoms with E-state index in [0.717, 1.165) is 4.57 Å². The summed E-state index contributed by atoms with van der Waals surface area (Å²) in [6.07, 6.45) is 4.90. The molecule has 24 heavy (non-hydrogen) atoms. The molecule has 2 rings (SSSR count). The second kappa shape index (κ2) is 7.05. The van der Waals surface area contributed by atoms with Crippen LogP contribution in [0.5, 0.6) is 0 Å². The van der Waals surface area contributed by atoms with E-state index in [2.05, 4.69) is 5.10 Å². The predicted molar refractivity (Wildman–Crippen MR) is 91.5 cm³/mol. The van der Waals surface area contributed by atoms with Crippen LogP contribution >= 0.6 is 11.8 Å². The maximum atomic E-state index is 12.4. The molecular formula is C14H16N4O4S2. The van der Waals surface area contributed by atoms with Crippen LogP contribution in [0.2, 0.25) is 0 Å². The molecule has 0 saturated heterocycles. The van der Waals surface area contributed by atoms with Gasteiger partial charge >= 0.3 is 11.7 Å². The SMILES string of the molecule is C/C=C\c1nn(C(=O)NS(=O)(=O)c2ccccc2SC)c(=O)n1C. The van der Waals surface area contributed by atoms with Crippen LogP contribution in [0.15, 0.2) is 44.9 Å². The minimum atomic E-state index is -4.13. The molecule has 1 N–H and O–H groups in total. The van der Waals surface area contributed by atoms with Crippen LogP contribution < -0.4 is 10.4 Å². The number of thioether (sulfide) groups is 1. The molecule has 0 radical (unpaired) electrons. The number of nitrogens with one attached hydrogen (secondary N) is 1. The minimum Gasteiger partial charge on any atom is -0.278 e. The molecule has 0 bridgehead atoms. The van der Waals surface area contributed by atoms with Gasteiger partial charge in [-0.2, -0.15) is 0 Å². The van der Waals surface area contributed by atoms with Gasteiger partial charge in [-0.15, -0.1) is 21.5 Å². The second-order valence-electron chi connectivity index (χ2n) is 4.67. The number of hydrogen-bond donors (Lipinski definition) is 1. The normalized spacial score (nSPS) is 11.8. The van der Waals surface area contributed by atoms with Crippen molar-refractivity contribution in [3.63, 3.8) is 0 Å². The van der Waals surface area contributed by atoms with Crippen LogP contribution in [0, 0.1) is 0 Å². The van der Waals surface area contributed by atoms with Gasteiger partial charge < -0.3 is 0 Å². The molecule has 1 amide bonds. The number of carbonyl (C=O) groups is 1.